The fourth-order valence-corrected chi connectivity index (χ4v) is 4.91. The molecule has 102 valence electrons. The van der Waals surface area contributed by atoms with Crippen LogP contribution < -0.4 is 0 Å². The van der Waals surface area contributed by atoms with Crippen molar-refractivity contribution in [2.24, 2.45) is 5.92 Å². The first-order valence-corrected chi connectivity index (χ1v) is 7.79. The average Bonchev–Trinajstić information content (AvgIpc) is 2.78. The van der Waals surface area contributed by atoms with E-state index in [1.165, 1.54) is 18.4 Å². The van der Waals surface area contributed by atoms with Gasteiger partial charge in [0.25, 0.3) is 0 Å². The number of hydrogen-bond acceptors (Lipinski definition) is 2. The molecule has 0 aliphatic carbocycles. The van der Waals surface area contributed by atoms with E-state index in [0.29, 0.717) is 34.0 Å². The normalized spacial score (nSPS) is 43.7. The SMILES string of the molecule is OC1CN2C3CC[C@@H]2[C@@H]1[C@@H](c1ccc(Cl)c(Cl)c1)C3. The monoisotopic (exact) mass is 297 g/mol. The molecule has 4 rings (SSSR count). The summed E-state index contributed by atoms with van der Waals surface area (Å²) in [5, 5.41) is 11.6. The minimum Gasteiger partial charge on any atom is -0.391 e. The Kier molecular flexibility index (Phi) is 2.86. The number of halogens is 2. The summed E-state index contributed by atoms with van der Waals surface area (Å²) in [4.78, 5) is 2.53. The van der Waals surface area contributed by atoms with Crippen molar-refractivity contribution < 1.29 is 5.11 Å². The zero-order valence-electron chi connectivity index (χ0n) is 10.6. The average molecular weight is 298 g/mol. The molecule has 1 N–H and O–H groups in total. The quantitative estimate of drug-likeness (QED) is 0.860. The zero-order valence-corrected chi connectivity index (χ0v) is 12.1. The molecule has 0 aromatic heterocycles. The van der Waals surface area contributed by atoms with Crippen molar-refractivity contribution >= 4 is 23.2 Å². The van der Waals surface area contributed by atoms with Gasteiger partial charge in [-0.2, -0.15) is 0 Å². The highest BCUT2D eigenvalue weighted by Gasteiger charge is 2.55. The Hall–Kier alpha value is -0.280. The van der Waals surface area contributed by atoms with E-state index < -0.39 is 0 Å². The third kappa shape index (κ3) is 1.77. The summed E-state index contributed by atoms with van der Waals surface area (Å²) in [6, 6.07) is 7.19. The summed E-state index contributed by atoms with van der Waals surface area (Å²) in [5.41, 5.74) is 1.25. The van der Waals surface area contributed by atoms with Crippen LogP contribution in [-0.4, -0.2) is 34.7 Å². The number of nitrogens with zero attached hydrogens (tertiary/aromatic N) is 1. The van der Waals surface area contributed by atoms with Gasteiger partial charge in [0.15, 0.2) is 0 Å². The number of benzene rings is 1. The Balaban J connectivity index is 1.73. The maximum atomic E-state index is 10.4. The Morgan fingerprint density at radius 1 is 1.16 bits per heavy atom. The molecule has 3 heterocycles. The van der Waals surface area contributed by atoms with Gasteiger partial charge in [-0.1, -0.05) is 29.3 Å². The maximum Gasteiger partial charge on any atom is 0.0716 e. The van der Waals surface area contributed by atoms with Crippen LogP contribution >= 0.6 is 23.2 Å². The van der Waals surface area contributed by atoms with Gasteiger partial charge in [-0.15, -0.1) is 0 Å². The molecule has 0 spiro atoms. The van der Waals surface area contributed by atoms with E-state index in [1.54, 1.807) is 0 Å². The summed E-state index contributed by atoms with van der Waals surface area (Å²) in [6.07, 6.45) is 3.49. The molecule has 3 unspecified atom stereocenters. The Labute approximate surface area is 123 Å². The molecule has 1 aromatic rings. The number of aliphatic hydroxyl groups is 1. The molecule has 3 fully saturated rings. The molecule has 6 atom stereocenters. The molecule has 3 saturated heterocycles. The molecule has 3 aliphatic rings. The first-order chi connectivity index (χ1) is 9.15. The summed E-state index contributed by atoms with van der Waals surface area (Å²) in [6.45, 7) is 0.859. The van der Waals surface area contributed by atoms with Crippen molar-refractivity contribution in [2.45, 2.75) is 43.4 Å². The second-order valence-electron chi connectivity index (χ2n) is 6.16. The van der Waals surface area contributed by atoms with Gasteiger partial charge in [-0.25, -0.2) is 0 Å². The first-order valence-electron chi connectivity index (χ1n) is 7.04. The largest absolute Gasteiger partial charge is 0.391 e. The fourth-order valence-electron chi connectivity index (χ4n) is 4.60. The highest BCUT2D eigenvalue weighted by Crippen LogP contribution is 2.52. The lowest BCUT2D eigenvalue weighted by molar-refractivity contribution is 0.113. The molecule has 0 radical (unpaired) electrons. The minimum atomic E-state index is -0.185. The zero-order chi connectivity index (χ0) is 13.1. The van der Waals surface area contributed by atoms with E-state index in [2.05, 4.69) is 11.0 Å². The second-order valence-corrected chi connectivity index (χ2v) is 6.97. The van der Waals surface area contributed by atoms with Crippen LogP contribution in [0.4, 0.5) is 0 Å². The van der Waals surface area contributed by atoms with Gasteiger partial charge in [-0.3, -0.25) is 4.90 Å². The van der Waals surface area contributed by atoms with Crippen LogP contribution in [0.25, 0.3) is 0 Å². The minimum absolute atomic E-state index is 0.185. The van der Waals surface area contributed by atoms with Crippen LogP contribution in [0.1, 0.15) is 30.7 Å². The standard InChI is InChI=1S/C15H17Cl2NO/c16-11-3-1-8(5-12(11)17)10-6-9-2-4-13-15(10)14(19)7-18(9)13/h1,3,5,9-10,13-15,19H,2,4,6-7H2/t9?,10-,13-,14?,15+/m1/s1. The van der Waals surface area contributed by atoms with Gasteiger partial charge in [0, 0.05) is 24.5 Å². The first kappa shape index (κ1) is 12.5. The van der Waals surface area contributed by atoms with Gasteiger partial charge in [0.2, 0.25) is 0 Å². The van der Waals surface area contributed by atoms with Gasteiger partial charge in [-0.05, 0) is 42.9 Å². The van der Waals surface area contributed by atoms with E-state index >= 15 is 0 Å². The lowest BCUT2D eigenvalue weighted by Crippen LogP contribution is -2.41. The van der Waals surface area contributed by atoms with Gasteiger partial charge >= 0.3 is 0 Å². The molecular weight excluding hydrogens is 281 g/mol. The molecule has 3 aliphatic heterocycles. The van der Waals surface area contributed by atoms with Crippen LogP contribution in [0.3, 0.4) is 0 Å². The number of rotatable bonds is 1. The predicted octanol–water partition coefficient (Wildman–Crippen LogP) is 3.30. The number of aliphatic hydroxyl groups excluding tert-OH is 1. The van der Waals surface area contributed by atoms with Gasteiger partial charge in [0.1, 0.15) is 0 Å². The van der Waals surface area contributed by atoms with Crippen LogP contribution in [-0.2, 0) is 0 Å². The van der Waals surface area contributed by atoms with E-state index in [4.69, 9.17) is 23.2 Å². The summed E-state index contributed by atoms with van der Waals surface area (Å²) >= 11 is 12.2. The lowest BCUT2D eigenvalue weighted by Gasteiger charge is -2.37. The molecule has 0 saturated carbocycles. The molecule has 4 bridgehead atoms. The van der Waals surface area contributed by atoms with Crippen LogP contribution in [0.5, 0.6) is 0 Å². The van der Waals surface area contributed by atoms with Crippen molar-refractivity contribution in [1.29, 1.82) is 0 Å². The van der Waals surface area contributed by atoms with E-state index in [9.17, 15) is 5.11 Å². The van der Waals surface area contributed by atoms with Crippen LogP contribution in [0.2, 0.25) is 10.0 Å². The molecular formula is C15H17Cl2NO. The molecule has 1 aromatic carbocycles. The highest BCUT2D eigenvalue weighted by atomic mass is 35.5. The summed E-state index contributed by atoms with van der Waals surface area (Å²) in [7, 11) is 0. The Bertz CT molecular complexity index is 521. The molecule has 2 nitrogen and oxygen atoms in total. The second kappa shape index (κ2) is 4.36. The molecule has 4 heteroatoms. The number of hydrogen-bond donors (Lipinski definition) is 1. The topological polar surface area (TPSA) is 23.5 Å². The Morgan fingerprint density at radius 2 is 2.00 bits per heavy atom. The van der Waals surface area contributed by atoms with Crippen molar-refractivity contribution in [3.05, 3.63) is 33.8 Å². The summed E-state index contributed by atoms with van der Waals surface area (Å²) in [5.74, 6) is 0.803. The van der Waals surface area contributed by atoms with E-state index in [0.717, 1.165) is 13.0 Å². The highest BCUT2D eigenvalue weighted by molar-refractivity contribution is 6.42. The lowest BCUT2D eigenvalue weighted by atomic mass is 9.77. The summed E-state index contributed by atoms with van der Waals surface area (Å²) < 4.78 is 0. The molecule has 0 amide bonds. The van der Waals surface area contributed by atoms with Crippen molar-refractivity contribution in [3.63, 3.8) is 0 Å². The fraction of sp³-hybridized carbons (Fsp3) is 0.600. The third-order valence-electron chi connectivity index (χ3n) is 5.34. The van der Waals surface area contributed by atoms with E-state index in [-0.39, 0.29) is 6.10 Å². The van der Waals surface area contributed by atoms with Crippen molar-refractivity contribution in [2.75, 3.05) is 6.54 Å². The van der Waals surface area contributed by atoms with Crippen molar-refractivity contribution in [1.82, 2.24) is 4.90 Å². The smallest absolute Gasteiger partial charge is 0.0716 e. The van der Waals surface area contributed by atoms with Gasteiger partial charge < -0.3 is 5.11 Å². The molecule has 19 heavy (non-hydrogen) atoms. The van der Waals surface area contributed by atoms with Gasteiger partial charge in [0.05, 0.1) is 16.1 Å². The third-order valence-corrected chi connectivity index (χ3v) is 6.08. The Morgan fingerprint density at radius 3 is 2.79 bits per heavy atom. The van der Waals surface area contributed by atoms with Crippen molar-refractivity contribution in [3.8, 4) is 0 Å². The van der Waals surface area contributed by atoms with Crippen LogP contribution in [0, 0.1) is 5.92 Å². The van der Waals surface area contributed by atoms with E-state index in [1.807, 2.05) is 12.1 Å². The maximum absolute atomic E-state index is 10.4. The number of piperidine rings is 1. The van der Waals surface area contributed by atoms with Crippen LogP contribution in [0.15, 0.2) is 18.2 Å². The predicted molar refractivity (Wildman–Crippen MR) is 76.8 cm³/mol.